The van der Waals surface area contributed by atoms with Crippen LogP contribution in [-0.2, 0) is 14.3 Å². The van der Waals surface area contributed by atoms with E-state index < -0.39 is 39.5 Å². The average molecular weight is 519 g/mol. The van der Waals surface area contributed by atoms with Crippen LogP contribution in [0.15, 0.2) is 65.0 Å². The highest BCUT2D eigenvalue weighted by atomic mass is 16.5. The van der Waals surface area contributed by atoms with Gasteiger partial charge in [-0.1, -0.05) is 67.5 Å². The molecular weight excluding hydrogens is 476 g/mol. The van der Waals surface area contributed by atoms with Crippen LogP contribution < -0.4 is 0 Å². The number of rotatable bonds is 7. The van der Waals surface area contributed by atoms with Gasteiger partial charge in [0.2, 0.25) is 0 Å². The molecule has 5 nitrogen and oxygen atoms in total. The number of aliphatic hydroxyl groups is 1. The van der Waals surface area contributed by atoms with Gasteiger partial charge < -0.3 is 9.84 Å². The third kappa shape index (κ3) is 4.14. The summed E-state index contributed by atoms with van der Waals surface area (Å²) in [4.78, 5) is 43.5. The Labute approximate surface area is 227 Å². The number of hydrogen-bond donors (Lipinski definition) is 1. The summed E-state index contributed by atoms with van der Waals surface area (Å²) in [5.74, 6) is -0.838. The van der Waals surface area contributed by atoms with E-state index in [2.05, 4.69) is 33.8 Å². The molecule has 0 radical (unpaired) electrons. The molecule has 1 heterocycles. The molecular formula is C33H42O5. The van der Waals surface area contributed by atoms with Crippen LogP contribution in [-0.4, -0.2) is 34.2 Å². The number of benzene rings is 1. The van der Waals surface area contributed by atoms with Crippen molar-refractivity contribution in [3.8, 4) is 0 Å². The van der Waals surface area contributed by atoms with Crippen molar-refractivity contribution < 1.29 is 24.2 Å². The molecule has 1 aromatic carbocycles. The maximum Gasteiger partial charge on any atom is 0.200 e. The Morgan fingerprint density at radius 3 is 2.18 bits per heavy atom. The van der Waals surface area contributed by atoms with E-state index in [0.717, 1.165) is 12.0 Å². The number of carbonyl (C=O) groups is 3. The monoisotopic (exact) mass is 518 g/mol. The van der Waals surface area contributed by atoms with Crippen LogP contribution in [0.4, 0.5) is 0 Å². The summed E-state index contributed by atoms with van der Waals surface area (Å²) in [6.45, 7) is 15.5. The summed E-state index contributed by atoms with van der Waals surface area (Å²) >= 11 is 0. The van der Waals surface area contributed by atoms with Crippen LogP contribution in [0.1, 0.15) is 91.4 Å². The van der Waals surface area contributed by atoms with Gasteiger partial charge in [0, 0.05) is 12.0 Å². The fraction of sp³-hybridized carbons (Fsp3) is 0.545. The Morgan fingerprint density at radius 1 is 1.03 bits per heavy atom. The molecule has 2 bridgehead atoms. The second-order valence-corrected chi connectivity index (χ2v) is 13.1. The number of fused-ring (bicyclic) bond motifs is 1. The molecule has 38 heavy (non-hydrogen) atoms. The van der Waals surface area contributed by atoms with Crippen molar-refractivity contribution in [3.63, 3.8) is 0 Å². The first-order chi connectivity index (χ1) is 17.6. The molecule has 1 spiro atoms. The summed E-state index contributed by atoms with van der Waals surface area (Å²) in [6.07, 6.45) is 4.99. The highest BCUT2D eigenvalue weighted by Crippen LogP contribution is 2.70. The molecule has 1 N–H and O–H groups in total. The molecule has 4 atom stereocenters. The standard InChI is InChI=1S/C33H42O5/c1-20(2)14-15-23-18-32(17-16-21(3)4)27(35)25(26(34)22-12-10-9-11-13-22)28-33(29(32)36,30(23,5)6)19-24(38-28)31(7,8)37/h9-14,16,23-24,37H,15,17-19H2,1-8H3/t23-,24-,32-,33-/m1/s1. The summed E-state index contributed by atoms with van der Waals surface area (Å²) in [5, 5.41) is 11.1. The number of allylic oxidation sites excluding steroid dienone is 6. The van der Waals surface area contributed by atoms with Gasteiger partial charge in [-0.05, 0) is 72.1 Å². The number of carbonyl (C=O) groups excluding carboxylic acids is 3. The van der Waals surface area contributed by atoms with Crippen molar-refractivity contribution in [1.29, 1.82) is 0 Å². The van der Waals surface area contributed by atoms with Crippen molar-refractivity contribution >= 4 is 17.3 Å². The highest BCUT2D eigenvalue weighted by Gasteiger charge is 2.75. The maximum absolute atomic E-state index is 14.9. The number of ether oxygens (including phenoxy) is 1. The van der Waals surface area contributed by atoms with Crippen molar-refractivity contribution in [3.05, 3.63) is 70.5 Å². The van der Waals surface area contributed by atoms with Crippen molar-refractivity contribution in [1.82, 2.24) is 0 Å². The first kappa shape index (κ1) is 28.2. The molecule has 1 saturated heterocycles. The minimum Gasteiger partial charge on any atom is -0.490 e. The normalized spacial score (nSPS) is 29.9. The zero-order valence-electron chi connectivity index (χ0n) is 24.1. The van der Waals surface area contributed by atoms with Gasteiger partial charge in [0.25, 0.3) is 0 Å². The molecule has 0 unspecified atom stereocenters. The minimum atomic E-state index is -1.35. The van der Waals surface area contributed by atoms with Gasteiger partial charge in [-0.3, -0.25) is 14.4 Å². The van der Waals surface area contributed by atoms with E-state index in [1.807, 2.05) is 26.0 Å². The molecule has 2 aliphatic carbocycles. The van der Waals surface area contributed by atoms with Crippen molar-refractivity contribution in [2.45, 2.75) is 92.8 Å². The third-order valence-corrected chi connectivity index (χ3v) is 9.29. The topological polar surface area (TPSA) is 80.7 Å². The van der Waals surface area contributed by atoms with Gasteiger partial charge in [0.05, 0.1) is 16.4 Å². The lowest BCUT2D eigenvalue weighted by molar-refractivity contribution is -0.166. The van der Waals surface area contributed by atoms with Crippen LogP contribution in [0.2, 0.25) is 0 Å². The smallest absolute Gasteiger partial charge is 0.200 e. The Bertz CT molecular complexity index is 1250. The zero-order valence-corrected chi connectivity index (χ0v) is 24.1. The van der Waals surface area contributed by atoms with Crippen molar-refractivity contribution in [2.75, 3.05) is 0 Å². The number of hydrogen-bond acceptors (Lipinski definition) is 5. The maximum atomic E-state index is 14.9. The van der Waals surface area contributed by atoms with Gasteiger partial charge in [0.1, 0.15) is 17.4 Å². The summed E-state index contributed by atoms with van der Waals surface area (Å²) in [5.41, 5.74) is -1.87. The Hall–Kier alpha value is -2.79. The van der Waals surface area contributed by atoms with E-state index in [1.54, 1.807) is 38.1 Å². The molecule has 2 fully saturated rings. The first-order valence-corrected chi connectivity index (χ1v) is 13.7. The van der Waals surface area contributed by atoms with E-state index in [9.17, 15) is 19.5 Å². The lowest BCUT2D eigenvalue weighted by atomic mass is 9.40. The van der Waals surface area contributed by atoms with Crippen LogP contribution in [0, 0.1) is 22.2 Å². The van der Waals surface area contributed by atoms with Crippen molar-refractivity contribution in [2.24, 2.45) is 22.2 Å². The second kappa shape index (κ2) is 9.44. The molecule has 0 amide bonds. The van der Waals surface area contributed by atoms with Crippen LogP contribution in [0.25, 0.3) is 0 Å². The van der Waals surface area contributed by atoms with E-state index in [4.69, 9.17) is 4.74 Å². The Morgan fingerprint density at radius 2 is 1.63 bits per heavy atom. The van der Waals surface area contributed by atoms with E-state index in [1.165, 1.54) is 5.57 Å². The van der Waals surface area contributed by atoms with Crippen LogP contribution in [0.3, 0.4) is 0 Å². The van der Waals surface area contributed by atoms with E-state index in [-0.39, 0.29) is 35.9 Å². The van der Waals surface area contributed by atoms with Gasteiger partial charge in [-0.25, -0.2) is 0 Å². The van der Waals surface area contributed by atoms with Gasteiger partial charge in [-0.15, -0.1) is 0 Å². The zero-order chi connectivity index (χ0) is 28.3. The SMILES string of the molecule is CC(C)=CC[C@@H]1C[C@]2(CC=C(C)C)C(=O)C(C(=O)c3ccccc3)=C3O[C@@H](C(C)(C)O)C[C@@]3(C2=O)C1(C)C. The quantitative estimate of drug-likeness (QED) is 0.191. The van der Waals surface area contributed by atoms with Gasteiger partial charge >= 0.3 is 0 Å². The van der Waals surface area contributed by atoms with E-state index in [0.29, 0.717) is 12.0 Å². The largest absolute Gasteiger partial charge is 0.490 e. The Balaban J connectivity index is 2.07. The van der Waals surface area contributed by atoms with Gasteiger partial charge in [0.15, 0.2) is 17.3 Å². The Kier molecular flexibility index (Phi) is 7.01. The fourth-order valence-corrected chi connectivity index (χ4v) is 6.77. The fourth-order valence-electron chi connectivity index (χ4n) is 6.77. The second-order valence-electron chi connectivity index (χ2n) is 13.1. The third-order valence-electron chi connectivity index (χ3n) is 9.29. The summed E-state index contributed by atoms with van der Waals surface area (Å²) in [7, 11) is 0. The minimum absolute atomic E-state index is 0.00264. The molecule has 5 heteroatoms. The summed E-state index contributed by atoms with van der Waals surface area (Å²) < 4.78 is 6.42. The predicted octanol–water partition coefficient (Wildman–Crippen LogP) is 6.57. The predicted molar refractivity (Wildman–Crippen MR) is 148 cm³/mol. The van der Waals surface area contributed by atoms with Crippen LogP contribution >= 0.6 is 0 Å². The molecule has 4 rings (SSSR count). The molecule has 1 aliphatic heterocycles. The molecule has 204 valence electrons. The highest BCUT2D eigenvalue weighted by molar-refractivity contribution is 6.35. The number of ketones is 3. The van der Waals surface area contributed by atoms with Gasteiger partial charge in [-0.2, -0.15) is 0 Å². The molecule has 0 aromatic heterocycles. The van der Waals surface area contributed by atoms with E-state index >= 15 is 0 Å². The van der Waals surface area contributed by atoms with Crippen LogP contribution in [0.5, 0.6) is 0 Å². The number of Topliss-reactive ketones (excluding diaryl/α,β-unsaturated/α-hetero) is 3. The lowest BCUT2D eigenvalue weighted by Gasteiger charge is -2.59. The molecule has 1 aromatic rings. The summed E-state index contributed by atoms with van der Waals surface area (Å²) in [6, 6.07) is 8.73. The molecule has 3 aliphatic rings. The average Bonchev–Trinajstić information content (AvgIpc) is 3.25. The molecule has 1 saturated carbocycles. The lowest BCUT2D eigenvalue weighted by Crippen LogP contribution is -2.65. The first-order valence-electron chi connectivity index (χ1n) is 13.7.